The molecule has 2 aromatic carbocycles. The highest BCUT2D eigenvalue weighted by Gasteiger charge is 2.15. The Labute approximate surface area is 107 Å². The molecule has 1 N–H and O–H groups in total. The Balaban J connectivity index is 2.25. The molecule has 0 amide bonds. The molecule has 100 valence electrons. The molecule has 2 rings (SSSR count). The number of benzene rings is 2. The van der Waals surface area contributed by atoms with E-state index < -0.39 is 29.4 Å². The van der Waals surface area contributed by atoms with Crippen molar-refractivity contribution in [3.05, 3.63) is 70.8 Å². The Bertz CT molecular complexity index is 578. The van der Waals surface area contributed by atoms with Crippen molar-refractivity contribution in [3.8, 4) is 0 Å². The molecule has 0 spiro atoms. The van der Waals surface area contributed by atoms with Crippen molar-refractivity contribution < 1.29 is 22.7 Å². The van der Waals surface area contributed by atoms with Crippen LogP contribution in [0.5, 0.6) is 0 Å². The third kappa shape index (κ3) is 3.32. The van der Waals surface area contributed by atoms with Gasteiger partial charge in [0.05, 0.1) is 6.10 Å². The van der Waals surface area contributed by atoms with Gasteiger partial charge < -0.3 is 5.11 Å². The predicted molar refractivity (Wildman–Crippen MR) is 61.4 cm³/mol. The van der Waals surface area contributed by atoms with Gasteiger partial charge in [0.15, 0.2) is 0 Å². The molecule has 5 heteroatoms. The topological polar surface area (TPSA) is 20.2 Å². The first-order valence-corrected chi connectivity index (χ1v) is 5.53. The standard InChI is InChI=1S/C14H10F4O/c15-9-1-2-13(18)12(7-9)14(19)5-8-3-10(16)6-11(17)4-8/h1-4,6-7,14,19H,5H2. The molecule has 1 atom stereocenters. The fourth-order valence-electron chi connectivity index (χ4n) is 1.83. The van der Waals surface area contributed by atoms with Crippen molar-refractivity contribution >= 4 is 0 Å². The summed E-state index contributed by atoms with van der Waals surface area (Å²) in [5, 5.41) is 9.81. The van der Waals surface area contributed by atoms with E-state index in [2.05, 4.69) is 0 Å². The highest BCUT2D eigenvalue weighted by atomic mass is 19.1. The number of halogens is 4. The van der Waals surface area contributed by atoms with Gasteiger partial charge in [-0.15, -0.1) is 0 Å². The SMILES string of the molecule is OC(Cc1cc(F)cc(F)c1)c1cc(F)ccc1F. The van der Waals surface area contributed by atoms with E-state index in [9.17, 15) is 22.7 Å². The largest absolute Gasteiger partial charge is 0.388 e. The van der Waals surface area contributed by atoms with Gasteiger partial charge in [-0.2, -0.15) is 0 Å². The Morgan fingerprint density at radius 2 is 1.47 bits per heavy atom. The highest BCUT2D eigenvalue weighted by Crippen LogP contribution is 2.23. The van der Waals surface area contributed by atoms with E-state index in [1.807, 2.05) is 0 Å². The van der Waals surface area contributed by atoms with E-state index in [1.165, 1.54) is 0 Å². The van der Waals surface area contributed by atoms with Crippen LogP contribution in [0.3, 0.4) is 0 Å². The minimum atomic E-state index is -1.38. The fraction of sp³-hybridized carbons (Fsp3) is 0.143. The third-order valence-corrected chi connectivity index (χ3v) is 2.67. The average molecular weight is 270 g/mol. The molecule has 0 saturated heterocycles. The lowest BCUT2D eigenvalue weighted by Gasteiger charge is -2.12. The van der Waals surface area contributed by atoms with E-state index in [0.717, 1.165) is 30.3 Å². The lowest BCUT2D eigenvalue weighted by atomic mass is 10.0. The quantitative estimate of drug-likeness (QED) is 0.846. The van der Waals surface area contributed by atoms with Crippen molar-refractivity contribution in [1.82, 2.24) is 0 Å². The van der Waals surface area contributed by atoms with Gasteiger partial charge in [0.2, 0.25) is 0 Å². The molecule has 2 aromatic rings. The van der Waals surface area contributed by atoms with E-state index in [0.29, 0.717) is 6.07 Å². The first kappa shape index (κ1) is 13.5. The van der Waals surface area contributed by atoms with Gasteiger partial charge in [-0.3, -0.25) is 0 Å². The van der Waals surface area contributed by atoms with Crippen LogP contribution < -0.4 is 0 Å². The summed E-state index contributed by atoms with van der Waals surface area (Å²) < 4.78 is 52.3. The molecule has 0 bridgehead atoms. The smallest absolute Gasteiger partial charge is 0.129 e. The molecule has 0 heterocycles. The Morgan fingerprint density at radius 3 is 2.11 bits per heavy atom. The zero-order chi connectivity index (χ0) is 14.0. The van der Waals surface area contributed by atoms with Crippen LogP contribution in [0, 0.1) is 23.3 Å². The number of rotatable bonds is 3. The molecule has 0 aromatic heterocycles. The third-order valence-electron chi connectivity index (χ3n) is 2.67. The maximum atomic E-state index is 13.4. The number of aliphatic hydroxyl groups is 1. The van der Waals surface area contributed by atoms with Crippen LogP contribution in [-0.4, -0.2) is 5.11 Å². The molecule has 0 aliphatic rings. The lowest BCUT2D eigenvalue weighted by Crippen LogP contribution is -2.05. The second kappa shape index (κ2) is 5.40. The van der Waals surface area contributed by atoms with Crippen LogP contribution in [-0.2, 0) is 6.42 Å². The number of hydrogen-bond acceptors (Lipinski definition) is 1. The molecule has 0 saturated carbocycles. The zero-order valence-electron chi connectivity index (χ0n) is 9.71. The molecule has 0 fully saturated rings. The van der Waals surface area contributed by atoms with Gasteiger partial charge in [0.25, 0.3) is 0 Å². The van der Waals surface area contributed by atoms with Gasteiger partial charge in [-0.05, 0) is 35.9 Å². The number of hydrogen-bond donors (Lipinski definition) is 1. The van der Waals surface area contributed by atoms with Crippen LogP contribution in [0.25, 0.3) is 0 Å². The first-order valence-electron chi connectivity index (χ1n) is 5.53. The molecule has 0 aliphatic carbocycles. The van der Waals surface area contributed by atoms with Crippen LogP contribution in [0.15, 0.2) is 36.4 Å². The molecule has 0 radical (unpaired) electrons. The summed E-state index contributed by atoms with van der Waals surface area (Å²) in [6.45, 7) is 0. The first-order chi connectivity index (χ1) is 8.95. The summed E-state index contributed by atoms with van der Waals surface area (Å²) in [6.07, 6.45) is -1.59. The highest BCUT2D eigenvalue weighted by molar-refractivity contribution is 5.25. The van der Waals surface area contributed by atoms with Crippen LogP contribution in [0.1, 0.15) is 17.2 Å². The van der Waals surface area contributed by atoms with Crippen molar-refractivity contribution in [2.45, 2.75) is 12.5 Å². The molecular weight excluding hydrogens is 260 g/mol. The minimum absolute atomic E-state index is 0.161. The molecule has 1 unspecified atom stereocenters. The maximum absolute atomic E-state index is 13.4. The van der Waals surface area contributed by atoms with Crippen molar-refractivity contribution in [2.24, 2.45) is 0 Å². The van der Waals surface area contributed by atoms with E-state index in [4.69, 9.17) is 0 Å². The Hall–Kier alpha value is -1.88. The van der Waals surface area contributed by atoms with E-state index in [-0.39, 0.29) is 17.5 Å². The van der Waals surface area contributed by atoms with Crippen molar-refractivity contribution in [2.75, 3.05) is 0 Å². The van der Waals surface area contributed by atoms with Crippen molar-refractivity contribution in [3.63, 3.8) is 0 Å². The number of aliphatic hydroxyl groups excluding tert-OH is 1. The summed E-state index contributed by atoms with van der Waals surface area (Å²) in [7, 11) is 0. The average Bonchev–Trinajstić information content (AvgIpc) is 2.30. The molecule has 1 nitrogen and oxygen atoms in total. The summed E-state index contributed by atoms with van der Waals surface area (Å²) in [4.78, 5) is 0. The zero-order valence-corrected chi connectivity index (χ0v) is 9.71. The fourth-order valence-corrected chi connectivity index (χ4v) is 1.83. The van der Waals surface area contributed by atoms with E-state index >= 15 is 0 Å². The van der Waals surface area contributed by atoms with Gasteiger partial charge >= 0.3 is 0 Å². The van der Waals surface area contributed by atoms with Gasteiger partial charge in [-0.25, -0.2) is 17.6 Å². The Kier molecular flexibility index (Phi) is 3.85. The summed E-state index contributed by atoms with van der Waals surface area (Å²) in [5.41, 5.74) is -0.0849. The summed E-state index contributed by atoms with van der Waals surface area (Å²) in [6, 6.07) is 5.43. The monoisotopic (exact) mass is 270 g/mol. The second-order valence-electron chi connectivity index (χ2n) is 4.16. The predicted octanol–water partition coefficient (Wildman–Crippen LogP) is 3.52. The maximum Gasteiger partial charge on any atom is 0.129 e. The van der Waals surface area contributed by atoms with Crippen LogP contribution >= 0.6 is 0 Å². The van der Waals surface area contributed by atoms with Gasteiger partial charge in [-0.1, -0.05) is 0 Å². The summed E-state index contributed by atoms with van der Waals surface area (Å²) in [5.74, 6) is -3.05. The van der Waals surface area contributed by atoms with Gasteiger partial charge in [0, 0.05) is 18.1 Å². The summed E-state index contributed by atoms with van der Waals surface area (Å²) >= 11 is 0. The lowest BCUT2D eigenvalue weighted by molar-refractivity contribution is 0.173. The normalized spacial score (nSPS) is 12.5. The minimum Gasteiger partial charge on any atom is -0.388 e. The van der Waals surface area contributed by atoms with Crippen molar-refractivity contribution in [1.29, 1.82) is 0 Å². The molecule has 19 heavy (non-hydrogen) atoms. The van der Waals surface area contributed by atoms with E-state index in [1.54, 1.807) is 0 Å². The van der Waals surface area contributed by atoms with Gasteiger partial charge in [0.1, 0.15) is 23.3 Å². The second-order valence-corrected chi connectivity index (χ2v) is 4.16. The molecular formula is C14H10F4O. The molecule has 0 aliphatic heterocycles. The van der Waals surface area contributed by atoms with Crippen LogP contribution in [0.2, 0.25) is 0 Å². The van der Waals surface area contributed by atoms with Crippen LogP contribution in [0.4, 0.5) is 17.6 Å². The Morgan fingerprint density at radius 1 is 0.842 bits per heavy atom.